The van der Waals surface area contributed by atoms with E-state index < -0.39 is 0 Å². The molecule has 0 fully saturated rings. The first-order chi connectivity index (χ1) is 19.2. The van der Waals surface area contributed by atoms with Crippen LogP contribution in [0, 0.1) is 0 Å². The zero-order chi connectivity index (χ0) is 26.6. The van der Waals surface area contributed by atoms with Crippen LogP contribution >= 0.6 is 23.2 Å². The van der Waals surface area contributed by atoms with E-state index in [1.807, 2.05) is 24.3 Å². The van der Waals surface area contributed by atoms with Gasteiger partial charge in [0.05, 0.1) is 0 Å². The minimum absolute atomic E-state index is 0.419. The van der Waals surface area contributed by atoms with Crippen LogP contribution in [-0.2, 0) is 0 Å². The first-order valence-corrected chi connectivity index (χ1v) is 13.8. The molecule has 7 nitrogen and oxygen atoms in total. The monoisotopic (exact) mass is 555 g/mol. The van der Waals surface area contributed by atoms with E-state index in [2.05, 4.69) is 84.9 Å². The van der Waals surface area contributed by atoms with E-state index in [0.717, 1.165) is 93.7 Å². The summed E-state index contributed by atoms with van der Waals surface area (Å²) in [6, 6.07) is 24.8. The van der Waals surface area contributed by atoms with Crippen LogP contribution in [0.4, 0.5) is 11.6 Å². The Morgan fingerprint density at radius 3 is 1.28 bits per heavy atom. The largest absolute Gasteiger partial charge is 0.368 e. The number of rotatable bonds is 10. The van der Waals surface area contributed by atoms with Crippen molar-refractivity contribution >= 4 is 77.9 Å². The second kappa shape index (κ2) is 11.5. The molecule has 0 aliphatic heterocycles. The molecule has 0 unspecified atom stereocenters. The lowest BCUT2D eigenvalue weighted by Gasteiger charge is -2.11. The third kappa shape index (κ3) is 5.52. The Labute approximate surface area is 235 Å². The molecule has 6 aromatic rings. The van der Waals surface area contributed by atoms with Crippen molar-refractivity contribution < 1.29 is 0 Å². The summed E-state index contributed by atoms with van der Waals surface area (Å²) < 4.78 is 0. The summed E-state index contributed by atoms with van der Waals surface area (Å²) in [5.74, 6) is 1.52. The first kappa shape index (κ1) is 25.5. The molecule has 196 valence electrons. The summed E-state index contributed by atoms with van der Waals surface area (Å²) in [6.45, 7) is 3.35. The van der Waals surface area contributed by atoms with Gasteiger partial charge in [-0.3, -0.25) is 0 Å². The SMILES string of the molecule is Clc1nnc(NCCCNCCCNc2nnc(Cl)c3cc4ccccc4cc23)c2cc3ccccc3cc12. The van der Waals surface area contributed by atoms with Gasteiger partial charge in [0.25, 0.3) is 0 Å². The van der Waals surface area contributed by atoms with Gasteiger partial charge in [-0.15, -0.1) is 20.4 Å². The van der Waals surface area contributed by atoms with Crippen LogP contribution in [-0.4, -0.2) is 46.6 Å². The highest BCUT2D eigenvalue weighted by Crippen LogP contribution is 2.31. The van der Waals surface area contributed by atoms with Crippen LogP contribution in [0.25, 0.3) is 43.1 Å². The Morgan fingerprint density at radius 1 is 0.487 bits per heavy atom. The van der Waals surface area contributed by atoms with Gasteiger partial charge in [0, 0.05) is 34.6 Å². The quantitative estimate of drug-likeness (QED) is 0.123. The summed E-state index contributed by atoms with van der Waals surface area (Å²) in [7, 11) is 0. The minimum atomic E-state index is 0.419. The van der Waals surface area contributed by atoms with Crippen LogP contribution in [0.15, 0.2) is 72.8 Å². The lowest BCUT2D eigenvalue weighted by atomic mass is 10.1. The number of anilines is 2. The van der Waals surface area contributed by atoms with Gasteiger partial charge in [-0.2, -0.15) is 0 Å². The van der Waals surface area contributed by atoms with E-state index in [1.54, 1.807) is 0 Å². The maximum atomic E-state index is 6.34. The van der Waals surface area contributed by atoms with Crippen molar-refractivity contribution in [2.45, 2.75) is 12.8 Å². The van der Waals surface area contributed by atoms with Gasteiger partial charge in [-0.1, -0.05) is 71.7 Å². The third-order valence-electron chi connectivity index (χ3n) is 6.85. The summed E-state index contributed by atoms with van der Waals surface area (Å²) in [4.78, 5) is 0. The molecule has 2 heterocycles. The van der Waals surface area contributed by atoms with Gasteiger partial charge in [0.15, 0.2) is 21.9 Å². The van der Waals surface area contributed by atoms with Gasteiger partial charge in [-0.25, -0.2) is 0 Å². The van der Waals surface area contributed by atoms with E-state index in [9.17, 15) is 0 Å². The lowest BCUT2D eigenvalue weighted by molar-refractivity contribution is 0.642. The molecule has 4 aromatic carbocycles. The van der Waals surface area contributed by atoms with Crippen molar-refractivity contribution in [2.75, 3.05) is 36.8 Å². The number of aromatic nitrogens is 4. The summed E-state index contributed by atoms with van der Waals surface area (Å²) >= 11 is 12.7. The molecule has 0 saturated heterocycles. The van der Waals surface area contributed by atoms with Crippen LogP contribution in [0.2, 0.25) is 10.3 Å². The molecule has 0 bridgehead atoms. The molecule has 0 atom stereocenters. The molecular weight excluding hydrogens is 529 g/mol. The van der Waals surface area contributed by atoms with E-state index in [0.29, 0.717) is 10.3 Å². The van der Waals surface area contributed by atoms with Gasteiger partial charge >= 0.3 is 0 Å². The van der Waals surface area contributed by atoms with Gasteiger partial charge < -0.3 is 16.0 Å². The van der Waals surface area contributed by atoms with E-state index in [-0.39, 0.29) is 0 Å². The third-order valence-corrected chi connectivity index (χ3v) is 7.41. The van der Waals surface area contributed by atoms with Crippen LogP contribution in [0.5, 0.6) is 0 Å². The van der Waals surface area contributed by atoms with Crippen molar-refractivity contribution in [1.29, 1.82) is 0 Å². The van der Waals surface area contributed by atoms with E-state index >= 15 is 0 Å². The predicted octanol–water partition coefficient (Wildman–Crippen LogP) is 7.08. The molecule has 0 spiro atoms. The molecule has 0 radical (unpaired) electrons. The Kier molecular flexibility index (Phi) is 7.54. The highest BCUT2D eigenvalue weighted by molar-refractivity contribution is 6.35. The Balaban J connectivity index is 0.978. The number of halogens is 2. The molecule has 2 aromatic heterocycles. The van der Waals surface area contributed by atoms with E-state index in [4.69, 9.17) is 23.2 Å². The molecule has 0 aliphatic rings. The fourth-order valence-electron chi connectivity index (χ4n) is 4.84. The fraction of sp³-hybridized carbons (Fsp3) is 0.200. The molecule has 0 aliphatic carbocycles. The smallest absolute Gasteiger partial charge is 0.159 e. The second-order valence-electron chi connectivity index (χ2n) is 9.48. The Hall–Kier alpha value is -3.78. The fourth-order valence-corrected chi connectivity index (χ4v) is 5.23. The average molecular weight is 557 g/mol. The van der Waals surface area contributed by atoms with Crippen LogP contribution in [0.1, 0.15) is 12.8 Å². The van der Waals surface area contributed by atoms with E-state index in [1.165, 1.54) is 0 Å². The molecule has 0 saturated carbocycles. The first-order valence-electron chi connectivity index (χ1n) is 13.1. The van der Waals surface area contributed by atoms with Crippen molar-refractivity contribution in [3.63, 3.8) is 0 Å². The number of fused-ring (bicyclic) bond motifs is 4. The minimum Gasteiger partial charge on any atom is -0.368 e. The van der Waals surface area contributed by atoms with Crippen LogP contribution < -0.4 is 16.0 Å². The Morgan fingerprint density at radius 2 is 0.872 bits per heavy atom. The standard InChI is InChI=1S/C30H27Cl2N7/c31-27-23-15-19-7-1-3-9-21(19)17-25(23)29(38-36-27)34-13-5-11-33-12-6-14-35-30-26-18-22-10-4-2-8-20(22)16-24(26)28(32)37-39-30/h1-4,7-10,15-18,33H,5-6,11-14H2,(H,34,38)(H,35,39). The number of nitrogens with zero attached hydrogens (tertiary/aromatic N) is 4. The van der Waals surface area contributed by atoms with Crippen LogP contribution in [0.3, 0.4) is 0 Å². The normalized spacial score (nSPS) is 11.5. The molecule has 39 heavy (non-hydrogen) atoms. The summed E-state index contributed by atoms with van der Waals surface area (Å²) in [5, 5.41) is 36.4. The highest BCUT2D eigenvalue weighted by atomic mass is 35.5. The maximum absolute atomic E-state index is 6.34. The molecule has 6 rings (SSSR count). The topological polar surface area (TPSA) is 87.7 Å². The molecule has 3 N–H and O–H groups in total. The zero-order valence-electron chi connectivity index (χ0n) is 21.2. The molecule has 9 heteroatoms. The molecular formula is C30H27Cl2N7. The highest BCUT2D eigenvalue weighted by Gasteiger charge is 2.11. The number of benzene rings is 4. The van der Waals surface area contributed by atoms with Crippen molar-refractivity contribution in [2.24, 2.45) is 0 Å². The average Bonchev–Trinajstić information content (AvgIpc) is 2.97. The second-order valence-corrected chi connectivity index (χ2v) is 10.2. The maximum Gasteiger partial charge on any atom is 0.159 e. The predicted molar refractivity (Wildman–Crippen MR) is 163 cm³/mol. The van der Waals surface area contributed by atoms with Gasteiger partial charge in [0.1, 0.15) is 0 Å². The summed E-state index contributed by atoms with van der Waals surface area (Å²) in [5.41, 5.74) is 0. The number of hydrogen-bond donors (Lipinski definition) is 3. The Bertz CT molecular complexity index is 1660. The van der Waals surface area contributed by atoms with Crippen molar-refractivity contribution in [1.82, 2.24) is 25.7 Å². The lowest BCUT2D eigenvalue weighted by Crippen LogP contribution is -2.21. The van der Waals surface area contributed by atoms with Crippen molar-refractivity contribution in [3.05, 3.63) is 83.1 Å². The molecule has 0 amide bonds. The number of nitrogens with one attached hydrogen (secondary N) is 3. The van der Waals surface area contributed by atoms with Gasteiger partial charge in [-0.05, 0) is 71.7 Å². The van der Waals surface area contributed by atoms with Gasteiger partial charge in [0.2, 0.25) is 0 Å². The van der Waals surface area contributed by atoms with Crippen molar-refractivity contribution in [3.8, 4) is 0 Å². The zero-order valence-corrected chi connectivity index (χ0v) is 22.7. The summed E-state index contributed by atoms with van der Waals surface area (Å²) in [6.07, 6.45) is 1.90. The number of hydrogen-bond acceptors (Lipinski definition) is 7.